The van der Waals surface area contributed by atoms with Gasteiger partial charge in [0.2, 0.25) is 48.7 Å². The highest BCUT2D eigenvalue weighted by Gasteiger charge is 2.26. The van der Waals surface area contributed by atoms with Crippen LogP contribution in [0, 0.1) is 34.9 Å². The summed E-state index contributed by atoms with van der Waals surface area (Å²) in [6, 6.07) is 35.8. The Labute approximate surface area is 658 Å². The number of hydrogen-bond donors (Lipinski definition) is 6. The Kier molecular flexibility index (Phi) is 29.2. The summed E-state index contributed by atoms with van der Waals surface area (Å²) in [7, 11) is 2.16. The number of halogens is 6. The van der Waals surface area contributed by atoms with Gasteiger partial charge in [-0.25, -0.2) is 56.2 Å². The van der Waals surface area contributed by atoms with Gasteiger partial charge in [0.15, 0.2) is 25.6 Å². The average molecular weight is 1610 g/mol. The third-order valence-electron chi connectivity index (χ3n) is 16.2. The molecule has 0 atom stereocenters. The summed E-state index contributed by atoms with van der Waals surface area (Å²) in [5, 5.41) is 15.3. The lowest BCUT2D eigenvalue weighted by atomic mass is 10.0. The Morgan fingerprint density at radius 1 is 0.504 bits per heavy atom. The number of nitrogens with zero attached hydrogens (tertiary/aromatic N) is 15. The predicted octanol–water partition coefficient (Wildman–Crippen LogP) is 11.9. The molecule has 0 aliphatic carbocycles. The monoisotopic (exact) mass is 1610 g/mol. The van der Waals surface area contributed by atoms with E-state index >= 15 is 0 Å². The molecule has 0 fully saturated rings. The Morgan fingerprint density at radius 2 is 0.896 bits per heavy atom. The van der Waals surface area contributed by atoms with Gasteiger partial charge in [-0.1, -0.05) is 43.8 Å². The number of carbonyl (C=O) groups excluding carboxylic acids is 1. The maximum absolute atomic E-state index is 14.2. The number of amides is 1. The number of anilines is 3. The van der Waals surface area contributed by atoms with Crippen molar-refractivity contribution in [2.24, 2.45) is 31.5 Å². The van der Waals surface area contributed by atoms with Crippen LogP contribution in [0.1, 0.15) is 48.3 Å². The lowest BCUT2D eigenvalue weighted by Crippen LogP contribution is -2.30. The number of aliphatic carboxylic acids is 1. The topological polar surface area (TPSA) is 391 Å². The van der Waals surface area contributed by atoms with Gasteiger partial charge in [-0.3, -0.25) is 43.6 Å². The fraction of sp³-hybridized carbons (Fsp3) is 0.200. The van der Waals surface area contributed by atoms with Gasteiger partial charge in [-0.15, -0.1) is 5.10 Å². The molecular formula is C80H84F6N20O7Si2. The van der Waals surface area contributed by atoms with E-state index < -0.39 is 81.7 Å². The van der Waals surface area contributed by atoms with Gasteiger partial charge in [-0.2, -0.15) is 4.52 Å². The zero-order valence-electron chi connectivity index (χ0n) is 63.5. The number of pyridine rings is 6. The molecule has 0 unspecified atom stereocenters. The van der Waals surface area contributed by atoms with Crippen molar-refractivity contribution in [2.75, 3.05) is 17.2 Å². The zero-order valence-corrected chi connectivity index (χ0v) is 65.5. The lowest BCUT2D eigenvalue weighted by molar-refractivity contribution is -0.136. The number of nitrogen functional groups attached to an aromatic ring is 3. The number of carboxylic acid groups (broad SMARTS) is 1. The van der Waals surface area contributed by atoms with Crippen molar-refractivity contribution in [1.82, 2.24) is 73.5 Å². The second-order valence-corrected chi connectivity index (χ2v) is 36.2. The molecule has 10 aromatic heterocycles. The third kappa shape index (κ3) is 23.3. The highest BCUT2D eigenvalue weighted by Crippen LogP contribution is 2.36. The zero-order chi connectivity index (χ0) is 82.9. The molecule has 10 N–H and O–H groups in total. The summed E-state index contributed by atoms with van der Waals surface area (Å²) in [6.07, 6.45) is 8.60. The van der Waals surface area contributed by atoms with E-state index in [9.17, 15) is 50.3 Å². The first-order valence-electron chi connectivity index (χ1n) is 34.9. The van der Waals surface area contributed by atoms with Gasteiger partial charge in [0.25, 0.3) is 0 Å². The number of aromatic nitrogens is 14. The van der Waals surface area contributed by atoms with Gasteiger partial charge in [0.1, 0.15) is 52.0 Å². The molecule has 0 aliphatic rings. The minimum atomic E-state index is -1.43. The number of fused-ring (bicyclic) bond motifs is 1. The van der Waals surface area contributed by atoms with Gasteiger partial charge in [-0.05, 0) is 130 Å². The Hall–Kier alpha value is -13.5. The number of nitrogens with one attached hydrogen (secondary N) is 1. The number of rotatable bonds is 17. The first-order valence-corrected chi connectivity index (χ1v) is 41.8. The first kappa shape index (κ1) is 87.0. The summed E-state index contributed by atoms with van der Waals surface area (Å²) in [6.45, 7) is 15.2. The van der Waals surface area contributed by atoms with Crippen molar-refractivity contribution in [1.29, 1.82) is 0 Å². The van der Waals surface area contributed by atoms with Crippen LogP contribution in [0.3, 0.4) is 0 Å². The van der Waals surface area contributed by atoms with Gasteiger partial charge in [0.05, 0.1) is 53.4 Å². The van der Waals surface area contributed by atoms with E-state index in [0.717, 1.165) is 41.3 Å². The molecule has 0 saturated heterocycles. The van der Waals surface area contributed by atoms with Crippen molar-refractivity contribution in [3.8, 4) is 67.5 Å². The Bertz CT molecular complexity index is 5810. The van der Waals surface area contributed by atoms with Gasteiger partial charge < -0.3 is 51.5 Å². The molecule has 10 heterocycles. The van der Waals surface area contributed by atoms with Crippen molar-refractivity contribution in [3.05, 3.63) is 283 Å². The van der Waals surface area contributed by atoms with Gasteiger partial charge in [0, 0.05) is 141 Å². The molecule has 27 nitrogen and oxygen atoms in total. The number of carbonyl (C=O) groups is 2. The molecule has 13 aromatic rings. The maximum Gasteiger partial charge on any atom is 0.308 e. The highest BCUT2D eigenvalue weighted by molar-refractivity contribution is 6.76. The Morgan fingerprint density at radius 3 is 1.28 bits per heavy atom. The smallest absolute Gasteiger partial charge is 0.308 e. The van der Waals surface area contributed by atoms with Crippen LogP contribution in [0.25, 0.3) is 73.2 Å². The van der Waals surface area contributed by atoms with Gasteiger partial charge >= 0.3 is 5.97 Å². The van der Waals surface area contributed by atoms with E-state index in [-0.39, 0.29) is 78.4 Å². The van der Waals surface area contributed by atoms with E-state index in [1.165, 1.54) is 66.7 Å². The van der Waals surface area contributed by atoms with E-state index in [0.29, 0.717) is 73.5 Å². The average Bonchev–Trinajstić information content (AvgIpc) is 1.73. The fourth-order valence-electron chi connectivity index (χ4n) is 11.3. The molecule has 13 rings (SSSR count). The maximum atomic E-state index is 14.2. The lowest BCUT2D eigenvalue weighted by Gasteiger charge is -2.21. The van der Waals surface area contributed by atoms with Crippen LogP contribution in [0.4, 0.5) is 44.2 Å². The fourth-order valence-corrected chi connectivity index (χ4v) is 13.3. The number of nitrogens with two attached hydrogens (primary N) is 4. The highest BCUT2D eigenvalue weighted by atomic mass is 28.4. The molecule has 1 amide bonds. The summed E-state index contributed by atoms with van der Waals surface area (Å²) in [5.41, 5.74) is 30.7. The first-order chi connectivity index (χ1) is 54.1. The van der Waals surface area contributed by atoms with Crippen LogP contribution in [0.15, 0.2) is 202 Å². The summed E-state index contributed by atoms with van der Waals surface area (Å²) < 4.78 is 97.6. The SMILES string of the molecule is C.CC(=N[Si](C)(C)C)O[Si](C)(C)C.Cn1cc(-c2c(-c3ccccn3)nc(N)n3nc(Cc4c(F)cccc4F)nc23)ccc1=O.Cn1cc(-c2c(CN)nc(N)nc2-c2ccccn2)ccc1=O.Cn1cc(-c2c(CNC(=O)Cc3c(F)cccc3F)nc(N)nc2-c2ccccn2)ccc1=O.O=C(O)Cc1c(F)cccc1F. The Balaban J connectivity index is 0.000000190. The van der Waals surface area contributed by atoms with Crippen LogP contribution in [-0.4, -0.2) is 108 Å². The molecule has 3 aromatic carbocycles. The summed E-state index contributed by atoms with van der Waals surface area (Å²) >= 11 is 0. The van der Waals surface area contributed by atoms with Crippen LogP contribution >= 0.6 is 0 Å². The molecule has 0 saturated carbocycles. The van der Waals surface area contributed by atoms with E-state index in [1.54, 1.807) is 107 Å². The van der Waals surface area contributed by atoms with Crippen LogP contribution in [0.2, 0.25) is 39.3 Å². The minimum Gasteiger partial charge on any atom is -0.535 e. The van der Waals surface area contributed by atoms with Crippen molar-refractivity contribution in [3.63, 3.8) is 0 Å². The molecule has 0 bridgehead atoms. The molecule has 0 aliphatic heterocycles. The molecular weight excluding hydrogens is 1520 g/mol. The van der Waals surface area contributed by atoms with E-state index in [1.807, 2.05) is 31.2 Å². The van der Waals surface area contributed by atoms with E-state index in [2.05, 4.69) is 99.2 Å². The quantitative estimate of drug-likeness (QED) is 0.0213. The normalized spacial score (nSPS) is 11.1. The molecule has 0 spiro atoms. The van der Waals surface area contributed by atoms with Crippen molar-refractivity contribution >= 4 is 57.8 Å². The number of aryl methyl sites for hydroxylation is 3. The third-order valence-corrected chi connectivity index (χ3v) is 18.1. The van der Waals surface area contributed by atoms with E-state index in [4.69, 9.17) is 32.5 Å². The molecule has 596 valence electrons. The number of hydrogen-bond acceptors (Lipinski definition) is 21. The molecule has 35 heteroatoms. The minimum absolute atomic E-state index is 0. The van der Waals surface area contributed by atoms with Crippen LogP contribution in [-0.2, 0) is 67.5 Å². The largest absolute Gasteiger partial charge is 0.535 e. The second kappa shape index (κ2) is 38.6. The molecule has 0 radical (unpaired) electrons. The van der Waals surface area contributed by atoms with Crippen molar-refractivity contribution < 1.29 is 45.5 Å². The number of benzene rings is 3. The summed E-state index contributed by atoms with van der Waals surface area (Å²) in [5.74, 6) is -5.30. The number of carboxylic acids is 1. The molecule has 115 heavy (non-hydrogen) atoms. The second-order valence-electron chi connectivity index (χ2n) is 27.2. The van der Waals surface area contributed by atoms with Crippen LogP contribution < -0.4 is 44.9 Å². The van der Waals surface area contributed by atoms with Crippen LogP contribution in [0.5, 0.6) is 0 Å². The predicted molar refractivity (Wildman–Crippen MR) is 434 cm³/mol. The summed E-state index contributed by atoms with van der Waals surface area (Å²) in [4.78, 5) is 97.5. The standard InChI is InChI=1S/C24H20F2N6O2.C23H17F2N7O.C16H16N6O.C8H6F2O2.C8H21NOSi2.CH4/c1-32-13-14(8-9-21(32)34)22-19(30-24(27)31-23(22)18-7-2-3-10-28-18)12-29-20(33)11-15-16(25)5-4-6-17(15)26;1-31-12-13(8-9-19(31)33)20-21(17-7-2-3-10-27-17)29-23(26)32-22(20)28-18(30-32)11-14-15(24)5-4-6-16(14)25;1-22-9-10(5-6-13(22)23)14-12(8-17)20-16(18)21-15(14)11-4-2-3-7-19-11;9-6-2-1-3-7(10)5(6)4-8(11)12;1-8(9-11(2,3)4)10-12(5,6)7;/h2-10,13H,11-12H2,1H3,(H,29,33)(H2,27,30,31);2-10,12H,11H2,1H3,(H2,26,29);2-7,9H,8,17H2,1H3,(H2,18,20,21);1-3H,4H2,(H,11,12);1-7H3;1H4. The van der Waals surface area contributed by atoms with Crippen molar-refractivity contribution in [2.45, 2.75) is 86.0 Å².